The Morgan fingerprint density at radius 1 is 1.13 bits per heavy atom. The molecule has 1 amide bonds. The molecule has 0 aliphatic heterocycles. The van der Waals surface area contributed by atoms with E-state index < -0.39 is 0 Å². The van der Waals surface area contributed by atoms with Crippen LogP contribution in [0.2, 0.25) is 0 Å². The monoisotopic (exact) mass is 317 g/mol. The quantitative estimate of drug-likeness (QED) is 0.842. The molecule has 1 unspecified atom stereocenters. The van der Waals surface area contributed by atoms with Gasteiger partial charge in [0, 0.05) is 5.56 Å². The van der Waals surface area contributed by atoms with E-state index in [-0.39, 0.29) is 11.9 Å². The average Bonchev–Trinajstić information content (AvgIpc) is 2.96. The number of ether oxygens (including phenoxy) is 2. The minimum absolute atomic E-state index is 0.185. The number of aryl methyl sites for hydroxylation is 1. The van der Waals surface area contributed by atoms with Crippen LogP contribution in [0.25, 0.3) is 0 Å². The minimum Gasteiger partial charge on any atom is -0.490 e. The lowest BCUT2D eigenvalue weighted by Crippen LogP contribution is -2.26. The molecule has 0 bridgehead atoms. The van der Waals surface area contributed by atoms with Crippen molar-refractivity contribution in [3.63, 3.8) is 0 Å². The highest BCUT2D eigenvalue weighted by Crippen LogP contribution is 2.28. The summed E-state index contributed by atoms with van der Waals surface area (Å²) in [4.78, 5) is 12.4. The van der Waals surface area contributed by atoms with E-state index in [0.29, 0.717) is 30.3 Å². The Morgan fingerprint density at radius 3 is 2.43 bits per heavy atom. The summed E-state index contributed by atoms with van der Waals surface area (Å²) in [6, 6.07) is 8.71. The van der Waals surface area contributed by atoms with Gasteiger partial charge in [-0.3, -0.25) is 4.79 Å². The zero-order chi connectivity index (χ0) is 16.8. The molecule has 0 spiro atoms. The molecular weight excluding hydrogens is 294 g/mol. The number of carbonyl (C=O) groups is 1. The van der Waals surface area contributed by atoms with Gasteiger partial charge in [0.2, 0.25) is 0 Å². The number of benzene rings is 1. The van der Waals surface area contributed by atoms with Crippen molar-refractivity contribution in [2.45, 2.75) is 33.7 Å². The van der Waals surface area contributed by atoms with E-state index in [0.717, 1.165) is 11.5 Å². The predicted octanol–water partition coefficient (Wildman–Crippen LogP) is 3.88. The van der Waals surface area contributed by atoms with Crippen LogP contribution in [0, 0.1) is 6.92 Å². The summed E-state index contributed by atoms with van der Waals surface area (Å²) >= 11 is 0. The van der Waals surface area contributed by atoms with Crippen molar-refractivity contribution < 1.29 is 18.7 Å². The van der Waals surface area contributed by atoms with Crippen molar-refractivity contribution in [1.29, 1.82) is 0 Å². The number of rotatable bonds is 7. The van der Waals surface area contributed by atoms with Gasteiger partial charge in [-0.15, -0.1) is 0 Å². The lowest BCUT2D eigenvalue weighted by molar-refractivity contribution is 0.0934. The first kappa shape index (κ1) is 16.9. The first-order valence-corrected chi connectivity index (χ1v) is 7.82. The van der Waals surface area contributed by atoms with E-state index in [1.54, 1.807) is 18.2 Å². The molecule has 0 aliphatic carbocycles. The van der Waals surface area contributed by atoms with Gasteiger partial charge in [-0.2, -0.15) is 0 Å². The van der Waals surface area contributed by atoms with Gasteiger partial charge in [-0.25, -0.2) is 0 Å². The second-order valence-electron chi connectivity index (χ2n) is 5.17. The van der Waals surface area contributed by atoms with Crippen LogP contribution in [0.4, 0.5) is 0 Å². The molecular formula is C18H23NO4. The maximum absolute atomic E-state index is 12.4. The van der Waals surface area contributed by atoms with Crippen molar-refractivity contribution in [2.75, 3.05) is 13.2 Å². The lowest BCUT2D eigenvalue weighted by Gasteiger charge is -2.14. The Morgan fingerprint density at radius 2 is 1.83 bits per heavy atom. The topological polar surface area (TPSA) is 60.7 Å². The molecule has 124 valence electrons. The van der Waals surface area contributed by atoms with Crippen LogP contribution in [0.1, 0.15) is 48.7 Å². The van der Waals surface area contributed by atoms with Crippen molar-refractivity contribution in [3.8, 4) is 11.5 Å². The standard InChI is InChI=1S/C18H23NO4/c1-5-21-16-10-8-14(11-17(16)22-6-2)18(20)19-13(4)15-9-7-12(3)23-15/h7-11,13H,5-6H2,1-4H3,(H,19,20). The fourth-order valence-corrected chi connectivity index (χ4v) is 2.23. The highest BCUT2D eigenvalue weighted by Gasteiger charge is 2.16. The lowest BCUT2D eigenvalue weighted by atomic mass is 10.1. The number of hydrogen-bond acceptors (Lipinski definition) is 4. The molecule has 0 saturated heterocycles. The Hall–Kier alpha value is -2.43. The number of amides is 1. The maximum atomic E-state index is 12.4. The highest BCUT2D eigenvalue weighted by molar-refractivity contribution is 5.95. The van der Waals surface area contributed by atoms with E-state index in [2.05, 4.69) is 5.32 Å². The fourth-order valence-electron chi connectivity index (χ4n) is 2.23. The summed E-state index contributed by atoms with van der Waals surface area (Å²) in [5.74, 6) is 2.58. The van der Waals surface area contributed by atoms with Gasteiger partial charge in [-0.1, -0.05) is 0 Å². The summed E-state index contributed by atoms with van der Waals surface area (Å²) in [6.45, 7) is 8.61. The molecule has 2 rings (SSSR count). The normalized spacial score (nSPS) is 11.8. The van der Waals surface area contributed by atoms with Crippen molar-refractivity contribution in [2.24, 2.45) is 0 Å². The molecule has 23 heavy (non-hydrogen) atoms. The van der Waals surface area contributed by atoms with Gasteiger partial charge >= 0.3 is 0 Å². The van der Waals surface area contributed by atoms with Gasteiger partial charge in [0.15, 0.2) is 11.5 Å². The van der Waals surface area contributed by atoms with Gasteiger partial charge in [0.1, 0.15) is 11.5 Å². The third-order valence-corrected chi connectivity index (χ3v) is 3.34. The number of hydrogen-bond donors (Lipinski definition) is 1. The van der Waals surface area contributed by atoms with Crippen molar-refractivity contribution in [1.82, 2.24) is 5.32 Å². The van der Waals surface area contributed by atoms with Crippen LogP contribution < -0.4 is 14.8 Å². The van der Waals surface area contributed by atoms with E-state index in [1.807, 2.05) is 39.8 Å². The van der Waals surface area contributed by atoms with E-state index in [1.165, 1.54) is 0 Å². The van der Waals surface area contributed by atoms with Gasteiger partial charge in [0.25, 0.3) is 5.91 Å². The smallest absolute Gasteiger partial charge is 0.252 e. The summed E-state index contributed by atoms with van der Waals surface area (Å²) < 4.78 is 16.6. The second kappa shape index (κ2) is 7.72. The summed E-state index contributed by atoms with van der Waals surface area (Å²) in [5, 5.41) is 2.92. The molecule has 0 saturated carbocycles. The molecule has 5 heteroatoms. The largest absolute Gasteiger partial charge is 0.490 e. The molecule has 1 N–H and O–H groups in total. The Bertz CT molecular complexity index is 663. The van der Waals surface area contributed by atoms with Crippen molar-refractivity contribution in [3.05, 3.63) is 47.4 Å². The maximum Gasteiger partial charge on any atom is 0.252 e. The van der Waals surface area contributed by atoms with Gasteiger partial charge in [-0.05, 0) is 58.0 Å². The Labute approximate surface area is 136 Å². The summed E-state index contributed by atoms with van der Waals surface area (Å²) in [5.41, 5.74) is 0.520. The highest BCUT2D eigenvalue weighted by atomic mass is 16.5. The molecule has 0 aliphatic rings. The predicted molar refractivity (Wildman–Crippen MR) is 88.1 cm³/mol. The third-order valence-electron chi connectivity index (χ3n) is 3.34. The van der Waals surface area contributed by atoms with Crippen LogP contribution in [0.5, 0.6) is 11.5 Å². The van der Waals surface area contributed by atoms with E-state index in [9.17, 15) is 4.79 Å². The number of nitrogens with one attached hydrogen (secondary N) is 1. The molecule has 5 nitrogen and oxygen atoms in total. The number of carbonyl (C=O) groups excluding carboxylic acids is 1. The molecule has 1 aromatic heterocycles. The molecule has 0 radical (unpaired) electrons. The van der Waals surface area contributed by atoms with Crippen LogP contribution in [0.3, 0.4) is 0 Å². The van der Waals surface area contributed by atoms with Gasteiger partial charge in [0.05, 0.1) is 19.3 Å². The minimum atomic E-state index is -0.210. The SMILES string of the molecule is CCOc1ccc(C(=O)NC(C)c2ccc(C)o2)cc1OCC. The first-order chi connectivity index (χ1) is 11.0. The molecule has 2 aromatic rings. The first-order valence-electron chi connectivity index (χ1n) is 7.82. The zero-order valence-corrected chi connectivity index (χ0v) is 14.0. The molecule has 0 fully saturated rings. The van der Waals surface area contributed by atoms with Crippen LogP contribution in [-0.4, -0.2) is 19.1 Å². The van der Waals surface area contributed by atoms with E-state index in [4.69, 9.17) is 13.9 Å². The van der Waals surface area contributed by atoms with Crippen LogP contribution in [-0.2, 0) is 0 Å². The fraction of sp³-hybridized carbons (Fsp3) is 0.389. The summed E-state index contributed by atoms with van der Waals surface area (Å²) in [7, 11) is 0. The Kier molecular flexibility index (Phi) is 5.68. The zero-order valence-electron chi connectivity index (χ0n) is 14.0. The third kappa shape index (κ3) is 4.28. The van der Waals surface area contributed by atoms with E-state index >= 15 is 0 Å². The number of furan rings is 1. The molecule has 1 heterocycles. The molecule has 1 aromatic carbocycles. The average molecular weight is 317 g/mol. The van der Waals surface area contributed by atoms with Crippen LogP contribution >= 0.6 is 0 Å². The molecule has 1 atom stereocenters. The summed E-state index contributed by atoms with van der Waals surface area (Å²) in [6.07, 6.45) is 0. The second-order valence-corrected chi connectivity index (χ2v) is 5.17. The Balaban J connectivity index is 2.13. The van der Waals surface area contributed by atoms with Crippen molar-refractivity contribution >= 4 is 5.91 Å². The van der Waals surface area contributed by atoms with Crippen LogP contribution in [0.15, 0.2) is 34.7 Å². The van der Waals surface area contributed by atoms with Gasteiger partial charge < -0.3 is 19.2 Å².